The minimum atomic E-state index is 0.120. The molecule has 0 radical (unpaired) electrons. The average molecular weight is 274 g/mol. The topological polar surface area (TPSA) is 48.4 Å². The van der Waals surface area contributed by atoms with Gasteiger partial charge in [0.05, 0.1) is 10.6 Å². The second-order valence-corrected chi connectivity index (χ2v) is 5.72. The van der Waals surface area contributed by atoms with Crippen molar-refractivity contribution in [2.45, 2.75) is 6.92 Å². The largest absolute Gasteiger partial charge is 0.494 e. The van der Waals surface area contributed by atoms with E-state index in [-0.39, 0.29) is 5.88 Å². The van der Waals surface area contributed by atoms with Crippen LogP contribution in [0, 0.1) is 3.95 Å². The summed E-state index contributed by atoms with van der Waals surface area (Å²) in [5, 5.41) is 9.73. The summed E-state index contributed by atoms with van der Waals surface area (Å²) in [6.45, 7) is 1.97. The summed E-state index contributed by atoms with van der Waals surface area (Å²) in [5.74, 6) is 0.120. The molecule has 1 aromatic heterocycles. The van der Waals surface area contributed by atoms with Crippen LogP contribution in [0.1, 0.15) is 17.4 Å². The molecule has 2 N–H and O–H groups in total. The van der Waals surface area contributed by atoms with E-state index in [0.29, 0.717) is 3.95 Å². The van der Waals surface area contributed by atoms with Crippen LogP contribution in [0.5, 0.6) is 5.88 Å². The Bertz CT molecular complexity index is 737. The van der Waals surface area contributed by atoms with Gasteiger partial charge < -0.3 is 10.1 Å². The molecule has 0 aliphatic carbocycles. The normalized spacial score (nSPS) is 15.8. The van der Waals surface area contributed by atoms with Gasteiger partial charge in [-0.15, -0.1) is 11.3 Å². The van der Waals surface area contributed by atoms with Gasteiger partial charge in [0.2, 0.25) is 5.88 Å². The molecule has 1 aliphatic rings. The van der Waals surface area contributed by atoms with Crippen LogP contribution in [0.2, 0.25) is 0 Å². The Kier molecular flexibility index (Phi) is 2.65. The molecule has 0 unspecified atom stereocenters. The third-order valence-corrected chi connectivity index (χ3v) is 3.97. The minimum absolute atomic E-state index is 0.120. The van der Waals surface area contributed by atoms with E-state index in [1.165, 1.54) is 11.3 Å². The van der Waals surface area contributed by atoms with Gasteiger partial charge in [0.15, 0.2) is 3.95 Å². The highest BCUT2D eigenvalue weighted by Gasteiger charge is 2.17. The summed E-state index contributed by atoms with van der Waals surface area (Å²) < 4.78 is 0.570. The van der Waals surface area contributed by atoms with Gasteiger partial charge in [-0.3, -0.25) is 4.99 Å². The Hall–Kier alpha value is -1.72. The number of aliphatic imine (C=N–C) groups is 1. The fourth-order valence-electron chi connectivity index (χ4n) is 1.98. The van der Waals surface area contributed by atoms with Gasteiger partial charge in [-0.1, -0.05) is 18.2 Å². The van der Waals surface area contributed by atoms with Crippen LogP contribution in [0.3, 0.4) is 0 Å². The lowest BCUT2D eigenvalue weighted by Gasteiger charge is -2.00. The molecule has 0 saturated heterocycles. The van der Waals surface area contributed by atoms with Crippen molar-refractivity contribution in [3.05, 3.63) is 38.7 Å². The number of hydrogen-bond donors (Lipinski definition) is 2. The van der Waals surface area contributed by atoms with Crippen LogP contribution >= 0.6 is 23.6 Å². The minimum Gasteiger partial charge on any atom is -0.494 e. The lowest BCUT2D eigenvalue weighted by atomic mass is 10.0. The summed E-state index contributed by atoms with van der Waals surface area (Å²) in [5.41, 5.74) is 4.05. The first kappa shape index (κ1) is 11.4. The van der Waals surface area contributed by atoms with Gasteiger partial charge in [0.1, 0.15) is 0 Å². The molecule has 2 heterocycles. The van der Waals surface area contributed by atoms with Gasteiger partial charge in [0, 0.05) is 16.8 Å². The first-order valence-corrected chi connectivity index (χ1v) is 6.66. The highest BCUT2D eigenvalue weighted by Crippen LogP contribution is 2.37. The third kappa shape index (κ3) is 1.81. The molecule has 1 aliphatic heterocycles. The molecule has 3 nitrogen and oxygen atoms in total. The van der Waals surface area contributed by atoms with Crippen molar-refractivity contribution in [3.63, 3.8) is 0 Å². The van der Waals surface area contributed by atoms with Crippen molar-refractivity contribution >= 4 is 46.6 Å². The van der Waals surface area contributed by atoms with Crippen molar-refractivity contribution in [1.29, 1.82) is 0 Å². The Morgan fingerprint density at radius 3 is 2.89 bits per heavy atom. The van der Waals surface area contributed by atoms with Crippen LogP contribution < -0.4 is 0 Å². The molecular weight excluding hydrogens is 264 g/mol. The maximum absolute atomic E-state index is 9.73. The molecule has 90 valence electrons. The first-order chi connectivity index (χ1) is 8.65. The Balaban J connectivity index is 2.16. The highest BCUT2D eigenvalue weighted by molar-refractivity contribution is 7.73. The lowest BCUT2D eigenvalue weighted by Crippen LogP contribution is -1.89. The van der Waals surface area contributed by atoms with Crippen molar-refractivity contribution in [2.75, 3.05) is 0 Å². The van der Waals surface area contributed by atoms with Gasteiger partial charge in [-0.05, 0) is 31.3 Å². The van der Waals surface area contributed by atoms with Crippen LogP contribution in [-0.4, -0.2) is 15.8 Å². The van der Waals surface area contributed by atoms with Crippen LogP contribution in [0.15, 0.2) is 29.3 Å². The van der Waals surface area contributed by atoms with Gasteiger partial charge >= 0.3 is 0 Å². The molecule has 3 rings (SSSR count). The number of nitrogens with zero attached hydrogens (tertiary/aromatic N) is 1. The number of fused-ring (bicyclic) bond motifs is 1. The molecule has 0 atom stereocenters. The predicted molar refractivity (Wildman–Crippen MR) is 78.3 cm³/mol. The zero-order valence-electron chi connectivity index (χ0n) is 9.60. The molecule has 5 heteroatoms. The van der Waals surface area contributed by atoms with Gasteiger partial charge in [0.25, 0.3) is 0 Å². The number of thiazole rings is 1. The zero-order valence-corrected chi connectivity index (χ0v) is 11.2. The van der Waals surface area contributed by atoms with Crippen molar-refractivity contribution in [1.82, 2.24) is 4.98 Å². The summed E-state index contributed by atoms with van der Waals surface area (Å²) in [6.07, 6.45) is 1.93. The summed E-state index contributed by atoms with van der Waals surface area (Å²) in [4.78, 5) is 7.96. The second kappa shape index (κ2) is 4.19. The third-order valence-electron chi connectivity index (χ3n) is 2.80. The number of allylic oxidation sites excluding steroid dienone is 1. The fourth-order valence-corrected chi connectivity index (χ4v) is 3.02. The van der Waals surface area contributed by atoms with E-state index in [1.807, 2.05) is 37.3 Å². The van der Waals surface area contributed by atoms with Crippen LogP contribution in [0.4, 0.5) is 5.69 Å². The summed E-state index contributed by atoms with van der Waals surface area (Å²) in [7, 11) is 0. The molecule has 0 amide bonds. The first-order valence-electron chi connectivity index (χ1n) is 5.44. The molecule has 0 saturated carbocycles. The number of H-pyrrole nitrogens is 1. The SMILES string of the molecule is CC1=Nc2ccccc2C1=Cc1sc(=S)[nH]c1O. The van der Waals surface area contributed by atoms with E-state index in [4.69, 9.17) is 12.2 Å². The summed E-state index contributed by atoms with van der Waals surface area (Å²) in [6, 6.07) is 7.97. The van der Waals surface area contributed by atoms with Crippen LogP contribution in [-0.2, 0) is 0 Å². The molecule has 2 aromatic rings. The van der Waals surface area contributed by atoms with Crippen molar-refractivity contribution in [3.8, 4) is 5.88 Å². The van der Waals surface area contributed by atoms with E-state index >= 15 is 0 Å². The molecular formula is C13H10N2OS2. The number of aromatic amines is 1. The standard InChI is InChI=1S/C13H10N2OS2/c1-7-9(6-11-12(16)15-13(17)18-11)8-4-2-3-5-10(8)14-7/h2-6,16H,1H3,(H,15,17). The highest BCUT2D eigenvalue weighted by atomic mass is 32.1. The Morgan fingerprint density at radius 2 is 2.17 bits per heavy atom. The van der Waals surface area contributed by atoms with E-state index in [0.717, 1.165) is 27.4 Å². The summed E-state index contributed by atoms with van der Waals surface area (Å²) >= 11 is 6.37. The maximum atomic E-state index is 9.73. The average Bonchev–Trinajstić information content (AvgIpc) is 2.81. The number of nitrogens with one attached hydrogen (secondary N) is 1. The Labute approximate surface area is 113 Å². The van der Waals surface area contributed by atoms with Crippen LogP contribution in [0.25, 0.3) is 11.6 Å². The van der Waals surface area contributed by atoms with E-state index in [2.05, 4.69) is 9.98 Å². The molecule has 0 fully saturated rings. The maximum Gasteiger partial charge on any atom is 0.207 e. The van der Waals surface area contributed by atoms with E-state index in [1.54, 1.807) is 0 Å². The zero-order chi connectivity index (χ0) is 12.7. The number of benzene rings is 1. The fraction of sp³-hybridized carbons (Fsp3) is 0.0769. The smallest absolute Gasteiger partial charge is 0.207 e. The molecule has 0 bridgehead atoms. The quantitative estimate of drug-likeness (QED) is 0.767. The van der Waals surface area contributed by atoms with Gasteiger partial charge in [-0.25, -0.2) is 0 Å². The Morgan fingerprint density at radius 1 is 1.39 bits per heavy atom. The van der Waals surface area contributed by atoms with Crippen molar-refractivity contribution < 1.29 is 5.11 Å². The lowest BCUT2D eigenvalue weighted by molar-refractivity contribution is 0.456. The van der Waals surface area contributed by atoms with Gasteiger partial charge in [-0.2, -0.15) is 0 Å². The molecule has 1 aromatic carbocycles. The monoisotopic (exact) mass is 274 g/mol. The number of aromatic hydroxyl groups is 1. The number of aromatic nitrogens is 1. The molecule has 18 heavy (non-hydrogen) atoms. The van der Waals surface area contributed by atoms with E-state index < -0.39 is 0 Å². The second-order valence-electron chi connectivity index (χ2n) is 4.00. The molecule has 0 spiro atoms. The van der Waals surface area contributed by atoms with E-state index in [9.17, 15) is 5.11 Å². The number of hydrogen-bond acceptors (Lipinski definition) is 4. The van der Waals surface area contributed by atoms with Crippen molar-refractivity contribution in [2.24, 2.45) is 4.99 Å². The predicted octanol–water partition coefficient (Wildman–Crippen LogP) is 4.16. The number of rotatable bonds is 1. The number of para-hydroxylation sites is 1.